The van der Waals surface area contributed by atoms with E-state index in [1.54, 1.807) is 19.2 Å². The first kappa shape index (κ1) is 20.0. The lowest BCUT2D eigenvalue weighted by Gasteiger charge is -2.37. The number of hydrogen-bond donors (Lipinski definition) is 1. The molecule has 0 amide bonds. The van der Waals surface area contributed by atoms with Gasteiger partial charge in [0.15, 0.2) is 5.96 Å². The van der Waals surface area contributed by atoms with Crippen LogP contribution < -0.4 is 5.32 Å². The minimum absolute atomic E-state index is 0.0486. The molecule has 0 radical (unpaired) electrons. The highest BCUT2D eigenvalue weighted by Gasteiger charge is 2.32. The Bertz CT molecular complexity index is 634. The zero-order valence-corrected chi connectivity index (χ0v) is 16.5. The highest BCUT2D eigenvalue weighted by molar-refractivity contribution is 5.80. The molecule has 2 aliphatic rings. The van der Waals surface area contributed by atoms with Gasteiger partial charge in [0.2, 0.25) is 0 Å². The first-order chi connectivity index (χ1) is 13.1. The second-order valence-electron chi connectivity index (χ2n) is 7.37. The van der Waals surface area contributed by atoms with Crippen molar-refractivity contribution in [1.29, 1.82) is 0 Å². The van der Waals surface area contributed by atoms with Crippen molar-refractivity contribution in [3.05, 3.63) is 35.6 Å². The van der Waals surface area contributed by atoms with E-state index in [1.807, 2.05) is 20.2 Å². The Labute approximate surface area is 161 Å². The summed E-state index contributed by atoms with van der Waals surface area (Å²) in [6.45, 7) is 3.72. The first-order valence-electron chi connectivity index (χ1n) is 9.69. The van der Waals surface area contributed by atoms with Crippen molar-refractivity contribution in [2.75, 3.05) is 54.0 Å². The summed E-state index contributed by atoms with van der Waals surface area (Å²) in [5.41, 5.74) is 0.946. The smallest absolute Gasteiger partial charge is 0.193 e. The van der Waals surface area contributed by atoms with E-state index in [-0.39, 0.29) is 24.1 Å². The number of rotatable bonds is 5. The van der Waals surface area contributed by atoms with Crippen LogP contribution in [-0.2, 0) is 9.47 Å². The second-order valence-corrected chi connectivity index (χ2v) is 7.37. The van der Waals surface area contributed by atoms with Crippen LogP contribution in [0.4, 0.5) is 4.39 Å². The lowest BCUT2D eigenvalue weighted by atomic mass is 10.1. The molecule has 7 heteroatoms. The van der Waals surface area contributed by atoms with E-state index in [1.165, 1.54) is 6.07 Å². The number of morpholine rings is 1. The summed E-state index contributed by atoms with van der Waals surface area (Å²) < 4.78 is 25.4. The molecule has 2 fully saturated rings. The maximum Gasteiger partial charge on any atom is 0.193 e. The van der Waals surface area contributed by atoms with E-state index >= 15 is 0 Å². The molecule has 0 spiro atoms. The van der Waals surface area contributed by atoms with Crippen LogP contribution in [0, 0.1) is 5.82 Å². The normalized spacial score (nSPS) is 25.1. The number of halogens is 1. The molecule has 1 N–H and O–H groups in total. The van der Waals surface area contributed by atoms with Crippen molar-refractivity contribution < 1.29 is 13.9 Å². The summed E-state index contributed by atoms with van der Waals surface area (Å²) in [4.78, 5) is 8.77. The molecule has 2 aliphatic heterocycles. The maximum atomic E-state index is 13.6. The quantitative estimate of drug-likeness (QED) is 0.626. The fourth-order valence-electron chi connectivity index (χ4n) is 3.82. The first-order valence-corrected chi connectivity index (χ1v) is 9.69. The number of guanidine groups is 1. The molecule has 27 heavy (non-hydrogen) atoms. The van der Waals surface area contributed by atoms with Crippen molar-refractivity contribution in [1.82, 2.24) is 15.1 Å². The Balaban J connectivity index is 1.61. The SMILES string of the molecule is CN=C(NCC(c1cccc(F)c1)N(C)C)N1CCOC(C2CCCO2)C1. The molecule has 6 nitrogen and oxygen atoms in total. The van der Waals surface area contributed by atoms with Gasteiger partial charge in [-0.05, 0) is 44.6 Å². The van der Waals surface area contributed by atoms with E-state index < -0.39 is 0 Å². The highest BCUT2D eigenvalue weighted by atomic mass is 19.1. The molecule has 3 atom stereocenters. The van der Waals surface area contributed by atoms with Crippen LogP contribution in [0.1, 0.15) is 24.4 Å². The Kier molecular flexibility index (Phi) is 7.04. The van der Waals surface area contributed by atoms with Gasteiger partial charge in [0.25, 0.3) is 0 Å². The summed E-state index contributed by atoms with van der Waals surface area (Å²) in [7, 11) is 5.80. The van der Waals surface area contributed by atoms with E-state index in [9.17, 15) is 4.39 Å². The average molecular weight is 378 g/mol. The third-order valence-electron chi connectivity index (χ3n) is 5.29. The second kappa shape index (κ2) is 9.48. The fraction of sp³-hybridized carbons (Fsp3) is 0.650. The predicted molar refractivity (Wildman–Crippen MR) is 104 cm³/mol. The molecule has 0 bridgehead atoms. The van der Waals surface area contributed by atoms with Crippen LogP contribution in [0.5, 0.6) is 0 Å². The zero-order chi connectivity index (χ0) is 19.2. The van der Waals surface area contributed by atoms with E-state index in [4.69, 9.17) is 9.47 Å². The number of nitrogens with zero attached hydrogens (tertiary/aromatic N) is 3. The Morgan fingerprint density at radius 1 is 1.33 bits per heavy atom. The lowest BCUT2D eigenvalue weighted by Crippen LogP contribution is -2.54. The molecule has 2 heterocycles. The third-order valence-corrected chi connectivity index (χ3v) is 5.29. The van der Waals surface area contributed by atoms with E-state index in [2.05, 4.69) is 20.1 Å². The van der Waals surface area contributed by atoms with Gasteiger partial charge in [0, 0.05) is 33.3 Å². The molecule has 1 aromatic carbocycles. The molecule has 2 saturated heterocycles. The number of ether oxygens (including phenoxy) is 2. The van der Waals surface area contributed by atoms with Gasteiger partial charge >= 0.3 is 0 Å². The van der Waals surface area contributed by atoms with E-state index in [0.717, 1.165) is 44.1 Å². The van der Waals surface area contributed by atoms with Crippen molar-refractivity contribution in [3.63, 3.8) is 0 Å². The van der Waals surface area contributed by atoms with Gasteiger partial charge < -0.3 is 24.6 Å². The van der Waals surface area contributed by atoms with Crippen LogP contribution in [0.25, 0.3) is 0 Å². The Morgan fingerprint density at radius 2 is 2.15 bits per heavy atom. The summed E-state index contributed by atoms with van der Waals surface area (Å²) in [6.07, 6.45) is 2.45. The fourth-order valence-corrected chi connectivity index (χ4v) is 3.82. The number of aliphatic imine (C=N–C) groups is 1. The van der Waals surface area contributed by atoms with Gasteiger partial charge in [-0.3, -0.25) is 4.99 Å². The van der Waals surface area contributed by atoms with Crippen molar-refractivity contribution in [3.8, 4) is 0 Å². The molecule has 0 aromatic heterocycles. The van der Waals surface area contributed by atoms with Crippen LogP contribution >= 0.6 is 0 Å². The van der Waals surface area contributed by atoms with Gasteiger partial charge in [-0.2, -0.15) is 0 Å². The van der Waals surface area contributed by atoms with Crippen molar-refractivity contribution in [2.45, 2.75) is 31.1 Å². The summed E-state index contributed by atoms with van der Waals surface area (Å²) in [6, 6.07) is 6.83. The number of hydrogen-bond acceptors (Lipinski definition) is 4. The van der Waals surface area contributed by atoms with Crippen molar-refractivity contribution in [2.24, 2.45) is 4.99 Å². The molecular formula is C20H31FN4O2. The van der Waals surface area contributed by atoms with Gasteiger partial charge in [-0.15, -0.1) is 0 Å². The van der Waals surface area contributed by atoms with Gasteiger partial charge in [-0.1, -0.05) is 12.1 Å². The minimum atomic E-state index is -0.212. The largest absolute Gasteiger partial charge is 0.375 e. The van der Waals surface area contributed by atoms with Gasteiger partial charge in [0.1, 0.15) is 11.9 Å². The Hall–Kier alpha value is -1.70. The van der Waals surface area contributed by atoms with Crippen LogP contribution in [0.2, 0.25) is 0 Å². The minimum Gasteiger partial charge on any atom is -0.375 e. The predicted octanol–water partition coefficient (Wildman–Crippen LogP) is 1.88. The average Bonchev–Trinajstić information content (AvgIpc) is 3.20. The lowest BCUT2D eigenvalue weighted by molar-refractivity contribution is -0.0817. The number of likely N-dealkylation sites (N-methyl/N-ethyl adjacent to an activating group) is 1. The van der Waals surface area contributed by atoms with Crippen molar-refractivity contribution >= 4 is 5.96 Å². The van der Waals surface area contributed by atoms with Gasteiger partial charge in [0.05, 0.1) is 18.8 Å². The topological polar surface area (TPSA) is 49.3 Å². The highest BCUT2D eigenvalue weighted by Crippen LogP contribution is 2.22. The number of nitrogens with one attached hydrogen (secondary N) is 1. The summed E-state index contributed by atoms with van der Waals surface area (Å²) in [5, 5.41) is 3.47. The van der Waals surface area contributed by atoms with Gasteiger partial charge in [-0.25, -0.2) is 4.39 Å². The standard InChI is InChI=1S/C20H31FN4O2/c1-22-20(25-9-11-27-19(14-25)18-8-5-10-26-18)23-13-17(24(2)3)15-6-4-7-16(21)12-15/h4,6-7,12,17-19H,5,8-11,13-14H2,1-3H3,(H,22,23). The number of benzene rings is 1. The molecule has 1 aromatic rings. The van der Waals surface area contributed by atoms with Crippen LogP contribution in [-0.4, -0.2) is 82.0 Å². The summed E-state index contributed by atoms with van der Waals surface area (Å²) >= 11 is 0. The third kappa shape index (κ3) is 5.18. The maximum absolute atomic E-state index is 13.6. The van der Waals surface area contributed by atoms with E-state index in [0.29, 0.717) is 13.2 Å². The Morgan fingerprint density at radius 3 is 2.81 bits per heavy atom. The van der Waals surface area contributed by atoms with Crippen LogP contribution in [0.15, 0.2) is 29.3 Å². The molecule has 150 valence electrons. The monoisotopic (exact) mass is 378 g/mol. The molecule has 3 unspecified atom stereocenters. The summed E-state index contributed by atoms with van der Waals surface area (Å²) in [5.74, 6) is 0.640. The molecule has 0 saturated carbocycles. The molecule has 0 aliphatic carbocycles. The molecular weight excluding hydrogens is 347 g/mol. The zero-order valence-electron chi connectivity index (χ0n) is 16.5. The van der Waals surface area contributed by atoms with Crippen LogP contribution in [0.3, 0.4) is 0 Å². The molecule has 3 rings (SSSR count).